The number of hydrogen-bond acceptors (Lipinski definition) is 6. The van der Waals surface area contributed by atoms with Crippen LogP contribution in [-0.4, -0.2) is 19.9 Å². The van der Waals surface area contributed by atoms with E-state index < -0.39 is 0 Å². The molecular weight excluding hydrogens is 673 g/mol. The second-order valence-corrected chi connectivity index (χ2v) is 13.7. The number of aromatic nitrogens is 4. The van der Waals surface area contributed by atoms with Gasteiger partial charge in [0.2, 0.25) is 0 Å². The van der Waals surface area contributed by atoms with Gasteiger partial charge in [-0.2, -0.15) is 45.3 Å². The van der Waals surface area contributed by atoms with Gasteiger partial charge < -0.3 is 9.97 Å². The van der Waals surface area contributed by atoms with Crippen LogP contribution < -0.4 is 0 Å². The Balaban J connectivity index is 0.00000300. The van der Waals surface area contributed by atoms with Crippen molar-refractivity contribution in [2.24, 2.45) is 0 Å². The van der Waals surface area contributed by atoms with Crippen molar-refractivity contribution in [2.45, 2.75) is 0 Å². The number of aromatic amines is 2. The van der Waals surface area contributed by atoms with Crippen LogP contribution in [0.3, 0.4) is 0 Å². The molecule has 218 valence electrons. The molecule has 9 rings (SSSR count). The van der Waals surface area contributed by atoms with Crippen LogP contribution in [0.15, 0.2) is 91.6 Å². The number of hydrogen-bond donors (Lipinski definition) is 2. The molecule has 0 unspecified atom stereocenters. The molecule has 4 nitrogen and oxygen atoms in total. The summed E-state index contributed by atoms with van der Waals surface area (Å²) >= 11 is 6.78. The number of thiophene rings is 4. The first-order valence-corrected chi connectivity index (χ1v) is 17.8. The largest absolute Gasteiger partial charge is 0.354 e. The molecule has 7 aromatic heterocycles. The molecule has 2 aliphatic rings. The van der Waals surface area contributed by atoms with Crippen LogP contribution in [0.4, 0.5) is 0 Å². The van der Waals surface area contributed by atoms with Crippen molar-refractivity contribution < 1.29 is 17.1 Å². The summed E-state index contributed by atoms with van der Waals surface area (Å²) in [6, 6.07) is 17.4. The Morgan fingerprint density at radius 1 is 0.378 bits per heavy atom. The van der Waals surface area contributed by atoms with Gasteiger partial charge in [0.1, 0.15) is 0 Å². The fraction of sp³-hybridized carbons (Fsp3) is 0. The number of nitrogens with zero attached hydrogens (tertiary/aromatic N) is 2. The third-order valence-electron chi connectivity index (χ3n) is 7.99. The maximum atomic E-state index is 5.30. The number of fused-ring (bicyclic) bond motifs is 8. The molecule has 0 amide bonds. The maximum Gasteiger partial charge on any atom is 0.0737 e. The molecule has 0 saturated heterocycles. The second kappa shape index (κ2) is 11.7. The minimum Gasteiger partial charge on any atom is -0.354 e. The normalized spacial score (nSPS) is 12.1. The molecule has 9 heteroatoms. The zero-order valence-corrected chi connectivity index (χ0v) is 27.8. The van der Waals surface area contributed by atoms with Gasteiger partial charge in [-0.15, -0.1) is 0 Å². The first-order valence-electron chi connectivity index (χ1n) is 14.1. The van der Waals surface area contributed by atoms with Gasteiger partial charge in [-0.05, 0) is 138 Å². The standard InChI is InChI=1S/C36H22N4S4.Fe/c1-2-26-34(22-10-14-42-18-22)28-5-6-30(39-28)36(24-12-16-44-20-24)32-8-7-31(40-32)35(23-11-15-43-19-23)29-4-3-27(38-29)33(25(1)37-26)21-9-13-41-17-21;/h1-20,37,40H;. The third kappa shape index (κ3) is 4.93. The first kappa shape index (κ1) is 28.4. The number of H-pyrrole nitrogens is 2. The third-order valence-corrected chi connectivity index (χ3v) is 10.7. The Hall–Kier alpha value is -4.08. The monoisotopic (exact) mass is 694 g/mol. The van der Waals surface area contributed by atoms with Gasteiger partial charge >= 0.3 is 0 Å². The van der Waals surface area contributed by atoms with Gasteiger partial charge in [0.25, 0.3) is 0 Å². The molecule has 0 aromatic carbocycles. The Kier molecular flexibility index (Phi) is 7.38. The summed E-state index contributed by atoms with van der Waals surface area (Å²) in [7, 11) is 0. The SMILES string of the molecule is C1=Cc2nc1c(-c1ccsc1)c1ccc([nH]1)c(-c1ccsc1)c1nc(c(-c3ccsc3)c3ccc([nH]3)c2-c2ccsc2)C=C1.[Fe]. The Labute approximate surface area is 285 Å². The zero-order valence-electron chi connectivity index (χ0n) is 23.4. The Morgan fingerprint density at radius 2 is 0.644 bits per heavy atom. The predicted octanol–water partition coefficient (Wildman–Crippen LogP) is 11.6. The van der Waals surface area contributed by atoms with Crippen LogP contribution in [0.2, 0.25) is 0 Å². The molecule has 0 radical (unpaired) electrons. The summed E-state index contributed by atoms with van der Waals surface area (Å²) in [5, 5.41) is 17.3. The van der Waals surface area contributed by atoms with Crippen molar-refractivity contribution in [3.8, 4) is 44.5 Å². The molecule has 8 bridgehead atoms. The molecule has 0 spiro atoms. The van der Waals surface area contributed by atoms with Crippen molar-refractivity contribution in [2.75, 3.05) is 0 Å². The second-order valence-electron chi connectivity index (χ2n) is 10.6. The molecule has 0 fully saturated rings. The summed E-state index contributed by atoms with van der Waals surface area (Å²) in [6.07, 6.45) is 8.59. The van der Waals surface area contributed by atoms with Gasteiger partial charge in [-0.1, -0.05) is 0 Å². The summed E-state index contributed by atoms with van der Waals surface area (Å²) in [6.45, 7) is 0. The fourth-order valence-electron chi connectivity index (χ4n) is 6.05. The summed E-state index contributed by atoms with van der Waals surface area (Å²) < 4.78 is 0. The molecular formula is C36H22FeN4S4. The molecule has 2 N–H and O–H groups in total. The van der Waals surface area contributed by atoms with Crippen LogP contribution in [0, 0.1) is 0 Å². The van der Waals surface area contributed by atoms with Crippen LogP contribution in [0.25, 0.3) is 90.9 Å². The van der Waals surface area contributed by atoms with Crippen LogP contribution in [-0.2, 0) is 17.1 Å². The van der Waals surface area contributed by atoms with E-state index in [1.807, 2.05) is 0 Å². The molecule has 45 heavy (non-hydrogen) atoms. The molecule has 0 aliphatic carbocycles. The van der Waals surface area contributed by atoms with E-state index >= 15 is 0 Å². The number of nitrogens with one attached hydrogen (secondary N) is 2. The summed E-state index contributed by atoms with van der Waals surface area (Å²) in [4.78, 5) is 18.2. The van der Waals surface area contributed by atoms with Crippen LogP contribution in [0.1, 0.15) is 22.8 Å². The minimum atomic E-state index is 0. The zero-order chi connectivity index (χ0) is 29.0. The van der Waals surface area contributed by atoms with E-state index in [1.54, 1.807) is 45.3 Å². The van der Waals surface area contributed by atoms with E-state index in [9.17, 15) is 0 Å². The van der Waals surface area contributed by atoms with Crippen LogP contribution >= 0.6 is 45.3 Å². The van der Waals surface area contributed by atoms with E-state index in [2.05, 4.69) is 126 Å². The summed E-state index contributed by atoms with van der Waals surface area (Å²) in [5.41, 5.74) is 16.8. The summed E-state index contributed by atoms with van der Waals surface area (Å²) in [5.74, 6) is 0. The maximum absolute atomic E-state index is 5.30. The number of rotatable bonds is 4. The smallest absolute Gasteiger partial charge is 0.0737 e. The Bertz CT molecular complexity index is 2040. The van der Waals surface area contributed by atoms with Crippen molar-refractivity contribution in [3.05, 3.63) is 114 Å². The van der Waals surface area contributed by atoms with Gasteiger partial charge in [-0.3, -0.25) is 0 Å². The first-order chi connectivity index (χ1) is 21.8. The van der Waals surface area contributed by atoms with E-state index in [0.29, 0.717) is 0 Å². The van der Waals surface area contributed by atoms with Crippen molar-refractivity contribution >= 4 is 91.7 Å². The average Bonchev–Trinajstić information content (AvgIpc) is 3.90. The van der Waals surface area contributed by atoms with Crippen LogP contribution in [0.5, 0.6) is 0 Å². The minimum absolute atomic E-state index is 0. The molecule has 0 saturated carbocycles. The Morgan fingerprint density at radius 3 is 0.867 bits per heavy atom. The van der Waals surface area contributed by atoms with Crippen molar-refractivity contribution in [1.29, 1.82) is 0 Å². The van der Waals surface area contributed by atoms with E-state index in [-0.39, 0.29) is 17.1 Å². The van der Waals surface area contributed by atoms with Gasteiger partial charge in [0, 0.05) is 61.4 Å². The molecule has 9 heterocycles. The van der Waals surface area contributed by atoms with Crippen molar-refractivity contribution in [3.63, 3.8) is 0 Å². The molecule has 7 aromatic rings. The molecule has 0 atom stereocenters. The average molecular weight is 695 g/mol. The van der Waals surface area contributed by atoms with E-state index in [0.717, 1.165) is 89.4 Å². The van der Waals surface area contributed by atoms with Gasteiger partial charge in [-0.25, -0.2) is 9.97 Å². The predicted molar refractivity (Wildman–Crippen MR) is 192 cm³/mol. The fourth-order valence-corrected chi connectivity index (χ4v) is 8.63. The van der Waals surface area contributed by atoms with Gasteiger partial charge in [0.05, 0.1) is 22.8 Å². The van der Waals surface area contributed by atoms with E-state index in [1.165, 1.54) is 0 Å². The van der Waals surface area contributed by atoms with E-state index in [4.69, 9.17) is 9.97 Å². The molecule has 2 aliphatic heterocycles. The van der Waals surface area contributed by atoms with Gasteiger partial charge in [0.15, 0.2) is 0 Å². The topological polar surface area (TPSA) is 57.4 Å². The van der Waals surface area contributed by atoms with Crippen molar-refractivity contribution in [1.82, 2.24) is 19.9 Å². The quantitative estimate of drug-likeness (QED) is 0.180.